The number of allylic oxidation sites excluding steroid dienone is 1. The molecule has 1 aromatic heterocycles. The quantitative estimate of drug-likeness (QED) is 0.440. The fraction of sp³-hybridized carbons (Fsp3) is 0.222. The Labute approximate surface area is 164 Å². The largest absolute Gasteiger partial charge is 4.00 e. The van der Waals surface area contributed by atoms with E-state index in [1.807, 2.05) is 30.5 Å². The number of hydrogen-bond acceptors (Lipinski definition) is 0. The molecule has 0 amide bonds. The van der Waals surface area contributed by atoms with Crippen LogP contribution in [0.25, 0.3) is 12.2 Å². The normalized spacial score (nSPS) is 11.1. The van der Waals surface area contributed by atoms with Gasteiger partial charge >= 0.3 is 26.2 Å². The topological polar surface area (TPSA) is 15.8 Å². The molecule has 0 bridgehead atoms. The summed E-state index contributed by atoms with van der Waals surface area (Å²) in [5.41, 5.74) is 2.45. The van der Waals surface area contributed by atoms with Gasteiger partial charge in [0.05, 0.1) is 0 Å². The standard InChI is InChI=1S/C10H7.C8H12N.2ClH.Zr/c1-8-6-9-4-2-3-5-10(9)7-8;1-8(2,3)7-4-5-9-6-7;;;/h2-6H,1H2;4-5,9H,1-3H3;2*1H;/q2*-1;;;+4/p-2. The number of aromatic amines is 1. The van der Waals surface area contributed by atoms with Gasteiger partial charge < -0.3 is 29.8 Å². The Bertz CT molecular complexity index is 646. The van der Waals surface area contributed by atoms with E-state index in [9.17, 15) is 0 Å². The molecule has 1 heterocycles. The molecule has 1 aliphatic carbocycles. The van der Waals surface area contributed by atoms with E-state index < -0.39 is 0 Å². The first-order valence-electron chi connectivity index (χ1n) is 6.42. The van der Waals surface area contributed by atoms with E-state index in [0.29, 0.717) is 0 Å². The van der Waals surface area contributed by atoms with Crippen molar-refractivity contribution in [3.05, 3.63) is 70.9 Å². The van der Waals surface area contributed by atoms with E-state index in [1.165, 1.54) is 10.8 Å². The third-order valence-corrected chi connectivity index (χ3v) is 2.93. The van der Waals surface area contributed by atoms with Gasteiger partial charge in [0.1, 0.15) is 0 Å². The Morgan fingerprint density at radius 2 is 1.68 bits per heavy atom. The number of nitrogens with one attached hydrogen (secondary N) is 1. The van der Waals surface area contributed by atoms with Crippen LogP contribution in [0, 0.1) is 6.20 Å². The Hall–Kier alpha value is -0.557. The van der Waals surface area contributed by atoms with Crippen molar-refractivity contribution < 1.29 is 51.0 Å². The summed E-state index contributed by atoms with van der Waals surface area (Å²) in [6, 6.07) is 10.2. The van der Waals surface area contributed by atoms with Gasteiger partial charge in [0.25, 0.3) is 0 Å². The predicted octanol–water partition coefficient (Wildman–Crippen LogP) is -3.19. The number of benzene rings is 1. The van der Waals surface area contributed by atoms with Gasteiger partial charge in [0, 0.05) is 0 Å². The van der Waals surface area contributed by atoms with Crippen molar-refractivity contribution in [1.82, 2.24) is 4.98 Å². The van der Waals surface area contributed by atoms with Crippen LogP contribution >= 0.6 is 0 Å². The first-order chi connectivity index (χ1) is 8.97. The van der Waals surface area contributed by atoms with E-state index >= 15 is 0 Å². The molecule has 3 rings (SSSR count). The summed E-state index contributed by atoms with van der Waals surface area (Å²) >= 11 is 0. The Balaban J connectivity index is 0. The predicted molar refractivity (Wildman–Crippen MR) is 81.0 cm³/mol. The summed E-state index contributed by atoms with van der Waals surface area (Å²) in [4.78, 5) is 2.91. The minimum atomic E-state index is 0. The number of hydrogen-bond donors (Lipinski definition) is 1. The number of H-pyrrole nitrogens is 1. The van der Waals surface area contributed by atoms with E-state index in [2.05, 4.69) is 56.7 Å². The smallest absolute Gasteiger partial charge is 1.00 e. The summed E-state index contributed by atoms with van der Waals surface area (Å²) in [6.07, 6.45) is 10.1. The molecule has 0 radical (unpaired) electrons. The Kier molecular flexibility index (Phi) is 11.1. The van der Waals surface area contributed by atoms with Crippen LogP contribution in [-0.4, -0.2) is 4.98 Å². The van der Waals surface area contributed by atoms with Crippen LogP contribution in [0.15, 0.2) is 48.7 Å². The van der Waals surface area contributed by atoms with Gasteiger partial charge in [-0.25, -0.2) is 0 Å². The fourth-order valence-corrected chi connectivity index (χ4v) is 1.86. The van der Waals surface area contributed by atoms with Crippen molar-refractivity contribution in [2.45, 2.75) is 26.2 Å². The molecule has 0 spiro atoms. The van der Waals surface area contributed by atoms with Crippen LogP contribution in [0.4, 0.5) is 0 Å². The van der Waals surface area contributed by atoms with E-state index in [0.717, 1.165) is 10.8 Å². The zero-order valence-electron chi connectivity index (χ0n) is 13.0. The van der Waals surface area contributed by atoms with E-state index in [4.69, 9.17) is 0 Å². The molecule has 1 aliphatic rings. The number of halogens is 2. The molecular formula is C18H19Cl2NZr. The molecule has 0 aliphatic heterocycles. The number of aromatic nitrogens is 1. The van der Waals surface area contributed by atoms with Gasteiger partial charge in [0.15, 0.2) is 0 Å². The van der Waals surface area contributed by atoms with Crippen molar-refractivity contribution in [2.24, 2.45) is 0 Å². The Morgan fingerprint density at radius 1 is 1.05 bits per heavy atom. The van der Waals surface area contributed by atoms with E-state index in [-0.39, 0.29) is 56.4 Å². The zero-order valence-corrected chi connectivity index (χ0v) is 17.0. The maximum Gasteiger partial charge on any atom is 4.00 e. The SMILES string of the molecule is C=C1[C-]=c2ccccc2=C1.CC(C)(C)c1[c-][nH]cc1.[Cl-].[Cl-].[Zr+4]. The van der Waals surface area contributed by atoms with Crippen LogP contribution in [0.2, 0.25) is 0 Å². The molecule has 1 N–H and O–H groups in total. The first kappa shape index (κ1) is 23.7. The molecule has 0 saturated heterocycles. The minimum absolute atomic E-state index is 0. The number of rotatable bonds is 0. The molecule has 0 atom stereocenters. The molecule has 22 heavy (non-hydrogen) atoms. The molecular weight excluding hydrogens is 392 g/mol. The minimum Gasteiger partial charge on any atom is -1.00 e. The van der Waals surface area contributed by atoms with Crippen molar-refractivity contribution >= 4 is 12.2 Å². The molecule has 4 heteroatoms. The summed E-state index contributed by atoms with van der Waals surface area (Å²) in [5, 5.41) is 2.39. The molecule has 0 saturated carbocycles. The summed E-state index contributed by atoms with van der Waals surface area (Å²) in [7, 11) is 0. The van der Waals surface area contributed by atoms with Crippen molar-refractivity contribution in [3.63, 3.8) is 0 Å². The van der Waals surface area contributed by atoms with Gasteiger partial charge in [-0.15, -0.1) is 46.0 Å². The van der Waals surface area contributed by atoms with Crippen molar-refractivity contribution in [3.8, 4) is 0 Å². The van der Waals surface area contributed by atoms with Crippen molar-refractivity contribution in [1.29, 1.82) is 0 Å². The van der Waals surface area contributed by atoms with Gasteiger partial charge in [-0.05, 0) is 5.41 Å². The van der Waals surface area contributed by atoms with Gasteiger partial charge in [-0.3, -0.25) is 0 Å². The van der Waals surface area contributed by atoms with E-state index in [1.54, 1.807) is 0 Å². The maximum absolute atomic E-state index is 3.80. The van der Waals surface area contributed by atoms with Gasteiger partial charge in [0.2, 0.25) is 0 Å². The second-order valence-electron chi connectivity index (χ2n) is 5.65. The third kappa shape index (κ3) is 6.69. The maximum atomic E-state index is 3.80. The molecule has 0 unspecified atom stereocenters. The molecule has 1 aromatic carbocycles. The third-order valence-electron chi connectivity index (χ3n) is 2.93. The van der Waals surface area contributed by atoms with Crippen molar-refractivity contribution in [2.75, 3.05) is 0 Å². The second kappa shape index (κ2) is 10.3. The average Bonchev–Trinajstić information content (AvgIpc) is 2.96. The van der Waals surface area contributed by atoms with Crippen LogP contribution in [0.5, 0.6) is 0 Å². The summed E-state index contributed by atoms with van der Waals surface area (Å²) < 4.78 is 0. The molecule has 114 valence electrons. The Morgan fingerprint density at radius 3 is 2.14 bits per heavy atom. The fourth-order valence-electron chi connectivity index (χ4n) is 1.86. The molecule has 2 aromatic rings. The van der Waals surface area contributed by atoms with Crippen LogP contribution in [-0.2, 0) is 31.6 Å². The molecule has 0 fully saturated rings. The summed E-state index contributed by atoms with van der Waals surface area (Å²) in [6.45, 7) is 10.3. The average molecular weight is 411 g/mol. The monoisotopic (exact) mass is 409 g/mol. The first-order valence-corrected chi connectivity index (χ1v) is 6.42. The second-order valence-corrected chi connectivity index (χ2v) is 5.65. The zero-order chi connectivity index (χ0) is 13.9. The number of fused-ring (bicyclic) bond motifs is 1. The van der Waals surface area contributed by atoms with Crippen LogP contribution in [0.1, 0.15) is 26.3 Å². The van der Waals surface area contributed by atoms with Gasteiger partial charge in [-0.2, -0.15) is 18.8 Å². The molecule has 1 nitrogen and oxygen atoms in total. The van der Waals surface area contributed by atoms with Crippen LogP contribution < -0.4 is 35.3 Å². The van der Waals surface area contributed by atoms with Gasteiger partial charge in [-0.1, -0.05) is 39.0 Å². The van der Waals surface area contributed by atoms with Crippen LogP contribution in [0.3, 0.4) is 0 Å². The summed E-state index contributed by atoms with van der Waals surface area (Å²) in [5.74, 6) is 0.